The zero-order chi connectivity index (χ0) is 13.9. The van der Waals surface area contributed by atoms with Crippen LogP contribution in [-0.4, -0.2) is 47.0 Å². The Morgan fingerprint density at radius 2 is 2.11 bits per heavy atom. The van der Waals surface area contributed by atoms with Gasteiger partial charge >= 0.3 is 6.09 Å². The van der Waals surface area contributed by atoms with E-state index in [2.05, 4.69) is 5.10 Å². The average molecular weight is 272 g/mol. The first-order valence-electron chi connectivity index (χ1n) is 5.12. The van der Waals surface area contributed by atoms with Crippen LogP contribution < -0.4 is 10.5 Å². The van der Waals surface area contributed by atoms with Gasteiger partial charge in [-0.3, -0.25) is 4.79 Å². The highest BCUT2D eigenvalue weighted by Crippen LogP contribution is 2.24. The first-order chi connectivity index (χ1) is 8.38. The smallest absolute Gasteiger partial charge is 0.391 e. The van der Waals surface area contributed by atoms with E-state index in [1.54, 1.807) is 21.1 Å². The summed E-state index contributed by atoms with van der Waals surface area (Å²) in [5.41, 5.74) is 5.97. The number of hydrogen-bond donors (Lipinski definition) is 1. The van der Waals surface area contributed by atoms with Crippen LogP contribution in [0.1, 0.15) is 16.1 Å². The molecule has 2 amide bonds. The second-order valence-electron chi connectivity index (χ2n) is 3.81. The molecule has 2 N–H and O–H groups in total. The van der Waals surface area contributed by atoms with Crippen LogP contribution in [0.4, 0.5) is 4.79 Å². The summed E-state index contributed by atoms with van der Waals surface area (Å²) in [5.74, 6) is -0.0648. The van der Waals surface area contributed by atoms with E-state index in [-0.39, 0.29) is 11.4 Å². The van der Waals surface area contributed by atoms with Crippen LogP contribution in [0.2, 0.25) is 0 Å². The molecule has 18 heavy (non-hydrogen) atoms. The lowest BCUT2D eigenvalue weighted by molar-refractivity contribution is 0.0996. The lowest BCUT2D eigenvalue weighted by Crippen LogP contribution is -2.27. The predicted octanol–water partition coefficient (Wildman–Crippen LogP) is 0.442. The standard InChI is InChI=1S/C10H16N4O3S/c1-13(2)10(16)17-9-7(8(11)15)6(5-18-4)12-14(9)3/h5H2,1-4H3,(H2,11,15). The van der Waals surface area contributed by atoms with Gasteiger partial charge in [0.05, 0.1) is 5.69 Å². The van der Waals surface area contributed by atoms with Gasteiger partial charge in [-0.2, -0.15) is 16.9 Å². The summed E-state index contributed by atoms with van der Waals surface area (Å²) in [7, 11) is 4.69. The maximum Gasteiger partial charge on any atom is 0.416 e. The fraction of sp³-hybridized carbons (Fsp3) is 0.500. The molecule has 7 nitrogen and oxygen atoms in total. The van der Waals surface area contributed by atoms with Crippen molar-refractivity contribution in [3.05, 3.63) is 11.3 Å². The molecule has 0 fully saturated rings. The zero-order valence-corrected chi connectivity index (χ0v) is 11.6. The van der Waals surface area contributed by atoms with Gasteiger partial charge in [-0.05, 0) is 6.26 Å². The minimum absolute atomic E-state index is 0.0743. The lowest BCUT2D eigenvalue weighted by Gasteiger charge is -2.11. The first-order valence-corrected chi connectivity index (χ1v) is 6.51. The Morgan fingerprint density at radius 3 is 2.56 bits per heavy atom. The van der Waals surface area contributed by atoms with E-state index in [1.807, 2.05) is 6.26 Å². The molecule has 0 saturated carbocycles. The molecule has 0 saturated heterocycles. The molecule has 0 spiro atoms. The van der Waals surface area contributed by atoms with E-state index >= 15 is 0 Å². The Labute approximate surface area is 109 Å². The topological polar surface area (TPSA) is 90.5 Å². The molecular formula is C10H16N4O3S. The Hall–Kier alpha value is -1.70. The summed E-state index contributed by atoms with van der Waals surface area (Å²) in [6.07, 6.45) is 1.29. The SMILES string of the molecule is CSCc1nn(C)c(OC(=O)N(C)C)c1C(N)=O. The van der Waals surface area contributed by atoms with Crippen molar-refractivity contribution < 1.29 is 14.3 Å². The van der Waals surface area contributed by atoms with Gasteiger partial charge in [0, 0.05) is 26.9 Å². The number of ether oxygens (including phenoxy) is 1. The molecule has 0 aliphatic rings. The Bertz CT molecular complexity index is 470. The number of nitrogens with two attached hydrogens (primary N) is 1. The van der Waals surface area contributed by atoms with Gasteiger partial charge in [0.15, 0.2) is 0 Å². The monoisotopic (exact) mass is 272 g/mol. The van der Waals surface area contributed by atoms with Crippen molar-refractivity contribution in [2.45, 2.75) is 5.75 Å². The molecule has 0 unspecified atom stereocenters. The molecule has 1 rings (SSSR count). The first kappa shape index (κ1) is 14.4. The van der Waals surface area contributed by atoms with Gasteiger partial charge < -0.3 is 15.4 Å². The molecule has 1 aromatic heterocycles. The number of hydrogen-bond acceptors (Lipinski definition) is 5. The summed E-state index contributed by atoms with van der Waals surface area (Å²) in [6.45, 7) is 0. The van der Waals surface area contributed by atoms with Crippen molar-refractivity contribution in [2.24, 2.45) is 12.8 Å². The molecule has 100 valence electrons. The van der Waals surface area contributed by atoms with Crippen molar-refractivity contribution in [3.63, 3.8) is 0 Å². The highest BCUT2D eigenvalue weighted by Gasteiger charge is 2.24. The van der Waals surface area contributed by atoms with E-state index in [0.29, 0.717) is 11.4 Å². The van der Waals surface area contributed by atoms with Gasteiger partial charge in [0.2, 0.25) is 5.88 Å². The number of primary amides is 1. The number of rotatable bonds is 4. The maximum atomic E-state index is 11.5. The van der Waals surface area contributed by atoms with Crippen LogP contribution in [0.15, 0.2) is 0 Å². The van der Waals surface area contributed by atoms with Crippen LogP contribution >= 0.6 is 11.8 Å². The molecule has 0 bridgehead atoms. The van der Waals surface area contributed by atoms with E-state index in [1.165, 1.54) is 21.3 Å². The summed E-state index contributed by atoms with van der Waals surface area (Å²) in [5, 5.41) is 4.13. The maximum absolute atomic E-state index is 11.5. The molecule has 0 radical (unpaired) electrons. The molecule has 1 aromatic rings. The van der Waals surface area contributed by atoms with E-state index in [4.69, 9.17) is 10.5 Å². The van der Waals surface area contributed by atoms with Gasteiger partial charge in [-0.25, -0.2) is 9.48 Å². The van der Waals surface area contributed by atoms with E-state index < -0.39 is 12.0 Å². The number of carbonyl (C=O) groups excluding carboxylic acids is 2. The molecule has 0 aliphatic heterocycles. The highest BCUT2D eigenvalue weighted by atomic mass is 32.2. The van der Waals surface area contributed by atoms with Crippen LogP contribution in [-0.2, 0) is 12.8 Å². The van der Waals surface area contributed by atoms with Crippen LogP contribution in [0.25, 0.3) is 0 Å². The van der Waals surface area contributed by atoms with Crippen molar-refractivity contribution >= 4 is 23.8 Å². The lowest BCUT2D eigenvalue weighted by atomic mass is 10.2. The summed E-state index contributed by atoms with van der Waals surface area (Å²) < 4.78 is 6.44. The minimum Gasteiger partial charge on any atom is -0.391 e. The highest BCUT2D eigenvalue weighted by molar-refractivity contribution is 7.97. The van der Waals surface area contributed by atoms with Crippen LogP contribution in [0.3, 0.4) is 0 Å². The molecule has 8 heteroatoms. The third-order valence-electron chi connectivity index (χ3n) is 2.14. The largest absolute Gasteiger partial charge is 0.416 e. The van der Waals surface area contributed by atoms with Gasteiger partial charge in [0.1, 0.15) is 5.56 Å². The Morgan fingerprint density at radius 1 is 1.50 bits per heavy atom. The Balaban J connectivity index is 3.17. The number of aryl methyl sites for hydroxylation is 1. The molecule has 0 aromatic carbocycles. The second-order valence-corrected chi connectivity index (χ2v) is 4.68. The fourth-order valence-corrected chi connectivity index (χ4v) is 1.81. The summed E-state index contributed by atoms with van der Waals surface area (Å²) in [6, 6.07) is 0. The van der Waals surface area contributed by atoms with E-state index in [9.17, 15) is 9.59 Å². The second kappa shape index (κ2) is 5.76. The number of carbonyl (C=O) groups is 2. The number of aromatic nitrogens is 2. The van der Waals surface area contributed by atoms with Crippen molar-refractivity contribution in [1.29, 1.82) is 0 Å². The van der Waals surface area contributed by atoms with E-state index in [0.717, 1.165) is 0 Å². The Kier molecular flexibility index (Phi) is 4.60. The normalized spacial score (nSPS) is 10.2. The fourth-order valence-electron chi connectivity index (χ4n) is 1.34. The quantitative estimate of drug-likeness (QED) is 0.859. The molecule has 0 atom stereocenters. The van der Waals surface area contributed by atoms with Gasteiger partial charge in [0.25, 0.3) is 5.91 Å². The van der Waals surface area contributed by atoms with Crippen LogP contribution in [0, 0.1) is 0 Å². The predicted molar refractivity (Wildman–Crippen MR) is 68.7 cm³/mol. The van der Waals surface area contributed by atoms with Gasteiger partial charge in [-0.1, -0.05) is 0 Å². The minimum atomic E-state index is -0.659. The molecular weight excluding hydrogens is 256 g/mol. The summed E-state index contributed by atoms with van der Waals surface area (Å²) in [4.78, 5) is 24.2. The van der Waals surface area contributed by atoms with Crippen molar-refractivity contribution in [3.8, 4) is 5.88 Å². The zero-order valence-electron chi connectivity index (χ0n) is 10.8. The molecule has 1 heterocycles. The molecule has 0 aliphatic carbocycles. The number of thioether (sulfide) groups is 1. The van der Waals surface area contributed by atoms with Gasteiger partial charge in [-0.15, -0.1) is 0 Å². The number of amides is 2. The van der Waals surface area contributed by atoms with Crippen LogP contribution in [0.5, 0.6) is 5.88 Å². The summed E-state index contributed by atoms with van der Waals surface area (Å²) >= 11 is 1.50. The third-order valence-corrected chi connectivity index (χ3v) is 2.71. The number of nitrogens with zero attached hydrogens (tertiary/aromatic N) is 3. The third kappa shape index (κ3) is 2.95. The average Bonchev–Trinajstić information content (AvgIpc) is 2.55. The van der Waals surface area contributed by atoms with Crippen molar-refractivity contribution in [2.75, 3.05) is 20.4 Å². The van der Waals surface area contributed by atoms with Crippen molar-refractivity contribution in [1.82, 2.24) is 14.7 Å².